The molecule has 5 heteroatoms. The molecule has 0 saturated heterocycles. The third kappa shape index (κ3) is 2.94. The zero-order valence-corrected chi connectivity index (χ0v) is 10.5. The number of halogens is 1. The molecule has 1 heterocycles. The van der Waals surface area contributed by atoms with Crippen LogP contribution in [-0.2, 0) is 6.54 Å². The number of hydrogen-bond donors (Lipinski definition) is 1. The fourth-order valence-corrected chi connectivity index (χ4v) is 2.05. The van der Waals surface area contributed by atoms with Crippen LogP contribution in [0.3, 0.4) is 0 Å². The van der Waals surface area contributed by atoms with Crippen molar-refractivity contribution in [3.63, 3.8) is 0 Å². The fourth-order valence-electron chi connectivity index (χ4n) is 1.44. The Labute approximate surface area is 103 Å². The molecule has 0 radical (unpaired) electrons. The highest BCUT2D eigenvalue weighted by Gasteiger charge is 2.04. The van der Waals surface area contributed by atoms with Crippen molar-refractivity contribution in [1.29, 1.82) is 0 Å². The molecular formula is C12H13FN2OS. The van der Waals surface area contributed by atoms with Crippen LogP contribution in [0.1, 0.15) is 10.7 Å². The minimum Gasteiger partial charge on any atom is -0.497 e. The highest BCUT2D eigenvalue weighted by molar-refractivity contribution is 7.09. The molecule has 0 bridgehead atoms. The van der Waals surface area contributed by atoms with Gasteiger partial charge in [-0.25, -0.2) is 9.37 Å². The third-order valence-electron chi connectivity index (χ3n) is 2.30. The van der Waals surface area contributed by atoms with Gasteiger partial charge in [-0.1, -0.05) is 0 Å². The summed E-state index contributed by atoms with van der Waals surface area (Å²) in [5, 5.41) is 5.97. The summed E-state index contributed by atoms with van der Waals surface area (Å²) in [5.74, 6) is 0.334. The van der Waals surface area contributed by atoms with E-state index in [2.05, 4.69) is 10.3 Å². The van der Waals surface area contributed by atoms with E-state index in [9.17, 15) is 4.39 Å². The molecular weight excluding hydrogens is 239 g/mol. The summed E-state index contributed by atoms with van der Waals surface area (Å²) >= 11 is 1.58. The van der Waals surface area contributed by atoms with E-state index in [-0.39, 0.29) is 5.82 Å². The van der Waals surface area contributed by atoms with Crippen molar-refractivity contribution in [3.05, 3.63) is 40.1 Å². The van der Waals surface area contributed by atoms with Gasteiger partial charge < -0.3 is 10.1 Å². The zero-order chi connectivity index (χ0) is 12.3. The Balaban J connectivity index is 2.07. The normalized spacial score (nSPS) is 10.3. The molecule has 3 nitrogen and oxygen atoms in total. The van der Waals surface area contributed by atoms with Crippen molar-refractivity contribution < 1.29 is 9.13 Å². The topological polar surface area (TPSA) is 34.1 Å². The van der Waals surface area contributed by atoms with Crippen LogP contribution in [0.2, 0.25) is 0 Å². The number of nitrogens with one attached hydrogen (secondary N) is 1. The lowest BCUT2D eigenvalue weighted by molar-refractivity contribution is 0.414. The van der Waals surface area contributed by atoms with E-state index in [1.807, 2.05) is 12.3 Å². The Morgan fingerprint density at radius 3 is 2.94 bits per heavy atom. The zero-order valence-electron chi connectivity index (χ0n) is 9.66. The van der Waals surface area contributed by atoms with Gasteiger partial charge in [0.25, 0.3) is 0 Å². The Morgan fingerprint density at radius 1 is 1.47 bits per heavy atom. The number of nitrogens with zero attached hydrogens (tertiary/aromatic N) is 1. The highest BCUT2D eigenvalue weighted by Crippen LogP contribution is 2.21. The molecule has 0 saturated carbocycles. The monoisotopic (exact) mass is 252 g/mol. The van der Waals surface area contributed by atoms with Crippen LogP contribution in [0, 0.1) is 12.7 Å². The number of rotatable bonds is 4. The van der Waals surface area contributed by atoms with Gasteiger partial charge in [0, 0.05) is 11.4 Å². The summed E-state index contributed by atoms with van der Waals surface area (Å²) in [5.41, 5.74) is 1.34. The third-order valence-corrected chi connectivity index (χ3v) is 3.12. The summed E-state index contributed by atoms with van der Waals surface area (Å²) in [6, 6.07) is 4.61. The molecule has 0 amide bonds. The second-order valence-corrected chi connectivity index (χ2v) is 4.62. The molecule has 0 atom stereocenters. The molecule has 0 aliphatic carbocycles. The van der Waals surface area contributed by atoms with Crippen molar-refractivity contribution in [1.82, 2.24) is 4.98 Å². The van der Waals surface area contributed by atoms with Gasteiger partial charge in [-0.15, -0.1) is 11.3 Å². The summed E-state index contributed by atoms with van der Waals surface area (Å²) in [7, 11) is 1.56. The lowest BCUT2D eigenvalue weighted by Crippen LogP contribution is -2.02. The second kappa shape index (κ2) is 5.14. The molecule has 0 aliphatic heterocycles. The molecule has 0 unspecified atom stereocenters. The van der Waals surface area contributed by atoms with Crippen LogP contribution in [0.5, 0.6) is 5.75 Å². The van der Waals surface area contributed by atoms with Crippen molar-refractivity contribution in [2.75, 3.05) is 12.4 Å². The second-order valence-electron chi connectivity index (χ2n) is 3.56. The van der Waals surface area contributed by atoms with E-state index < -0.39 is 0 Å². The minimum absolute atomic E-state index is 0.294. The van der Waals surface area contributed by atoms with Gasteiger partial charge in [-0.05, 0) is 19.1 Å². The lowest BCUT2D eigenvalue weighted by atomic mass is 10.3. The Hall–Kier alpha value is -1.62. The van der Waals surface area contributed by atoms with E-state index in [0.717, 1.165) is 10.7 Å². The number of methoxy groups -OCH3 is 1. The summed E-state index contributed by atoms with van der Waals surface area (Å²) in [6.07, 6.45) is 0. The van der Waals surface area contributed by atoms with E-state index in [1.165, 1.54) is 6.07 Å². The number of ether oxygens (including phenoxy) is 1. The number of aromatic nitrogens is 1. The number of hydrogen-bond acceptors (Lipinski definition) is 4. The molecule has 1 N–H and O–H groups in total. The first kappa shape index (κ1) is 11.9. The van der Waals surface area contributed by atoms with Gasteiger partial charge in [0.15, 0.2) is 0 Å². The van der Waals surface area contributed by atoms with Gasteiger partial charge in [0.1, 0.15) is 11.6 Å². The van der Waals surface area contributed by atoms with E-state index >= 15 is 0 Å². The van der Waals surface area contributed by atoms with Crippen LogP contribution in [0.4, 0.5) is 10.1 Å². The van der Waals surface area contributed by atoms with Crippen molar-refractivity contribution in [2.24, 2.45) is 0 Å². The smallest absolute Gasteiger partial charge is 0.146 e. The van der Waals surface area contributed by atoms with Crippen molar-refractivity contribution in [2.45, 2.75) is 13.5 Å². The lowest BCUT2D eigenvalue weighted by Gasteiger charge is -2.07. The predicted molar refractivity (Wildman–Crippen MR) is 67.1 cm³/mol. The van der Waals surface area contributed by atoms with Gasteiger partial charge in [0.05, 0.1) is 30.0 Å². The summed E-state index contributed by atoms with van der Waals surface area (Å²) in [6.45, 7) is 2.45. The van der Waals surface area contributed by atoms with Gasteiger partial charge in [-0.2, -0.15) is 0 Å². The maximum atomic E-state index is 13.5. The fraction of sp³-hybridized carbons (Fsp3) is 0.250. The first-order chi connectivity index (χ1) is 8.19. The molecule has 0 spiro atoms. The van der Waals surface area contributed by atoms with Crippen LogP contribution in [0.25, 0.3) is 0 Å². The van der Waals surface area contributed by atoms with E-state index in [0.29, 0.717) is 18.0 Å². The average Bonchev–Trinajstić information content (AvgIpc) is 2.74. The SMILES string of the molecule is COc1ccc(F)c(NCc2csc(C)n2)c1. The van der Waals surface area contributed by atoms with Crippen molar-refractivity contribution in [3.8, 4) is 5.75 Å². The molecule has 1 aromatic heterocycles. The molecule has 0 fully saturated rings. The largest absolute Gasteiger partial charge is 0.497 e. The first-order valence-corrected chi connectivity index (χ1v) is 6.05. The number of aryl methyl sites for hydroxylation is 1. The molecule has 2 aromatic rings. The van der Waals surface area contributed by atoms with Gasteiger partial charge in [-0.3, -0.25) is 0 Å². The Morgan fingerprint density at radius 2 is 2.29 bits per heavy atom. The van der Waals surface area contributed by atoms with Crippen LogP contribution in [-0.4, -0.2) is 12.1 Å². The van der Waals surface area contributed by atoms with Crippen molar-refractivity contribution >= 4 is 17.0 Å². The summed E-state index contributed by atoms with van der Waals surface area (Å²) < 4.78 is 18.5. The van der Waals surface area contributed by atoms with Gasteiger partial charge in [0.2, 0.25) is 0 Å². The molecule has 2 rings (SSSR count). The van der Waals surface area contributed by atoms with Crippen LogP contribution < -0.4 is 10.1 Å². The number of benzene rings is 1. The number of thiazole rings is 1. The van der Waals surface area contributed by atoms with E-state index in [4.69, 9.17) is 4.74 Å². The van der Waals surface area contributed by atoms with Gasteiger partial charge >= 0.3 is 0 Å². The Bertz CT molecular complexity index is 513. The first-order valence-electron chi connectivity index (χ1n) is 5.17. The predicted octanol–water partition coefficient (Wildman–Crippen LogP) is 3.21. The Kier molecular flexibility index (Phi) is 3.58. The standard InChI is InChI=1S/C12H13FN2OS/c1-8-15-9(7-17-8)6-14-12-5-10(16-2)3-4-11(12)13/h3-5,7,14H,6H2,1-2H3. The maximum Gasteiger partial charge on any atom is 0.146 e. The molecule has 0 aliphatic rings. The molecule has 17 heavy (non-hydrogen) atoms. The average molecular weight is 252 g/mol. The quantitative estimate of drug-likeness (QED) is 0.907. The van der Waals surface area contributed by atoms with E-state index in [1.54, 1.807) is 30.6 Å². The molecule has 1 aromatic carbocycles. The van der Waals surface area contributed by atoms with Crippen LogP contribution >= 0.6 is 11.3 Å². The van der Waals surface area contributed by atoms with Crippen LogP contribution in [0.15, 0.2) is 23.6 Å². The minimum atomic E-state index is -0.294. The maximum absolute atomic E-state index is 13.5. The number of anilines is 1. The summed E-state index contributed by atoms with van der Waals surface area (Å²) in [4.78, 5) is 4.30. The molecule has 90 valence electrons. The highest BCUT2D eigenvalue weighted by atomic mass is 32.1.